The molecule has 8 heteroatoms. The van der Waals surface area contributed by atoms with Crippen molar-refractivity contribution in [3.63, 3.8) is 0 Å². The lowest BCUT2D eigenvalue weighted by molar-refractivity contribution is 0.446. The maximum Gasteiger partial charge on any atom is 0.170 e. The summed E-state index contributed by atoms with van der Waals surface area (Å²) in [6.07, 6.45) is 0.857. The Morgan fingerprint density at radius 1 is 0.875 bits per heavy atom. The molecule has 0 spiro atoms. The zero-order valence-electron chi connectivity index (χ0n) is 20.9. The molecule has 1 N–H and O–H groups in total. The fraction of sp³-hybridized carbons (Fsp3) is 0.500. The summed E-state index contributed by atoms with van der Waals surface area (Å²) in [6.45, 7) is 19.6. The van der Waals surface area contributed by atoms with E-state index in [1.807, 2.05) is 36.4 Å². The van der Waals surface area contributed by atoms with Crippen molar-refractivity contribution in [3.05, 3.63) is 53.6 Å². The topological polar surface area (TPSA) is 60.2 Å². The molecule has 3 aromatic rings. The van der Waals surface area contributed by atoms with Gasteiger partial charge < -0.3 is 9.22 Å². The number of hydrogen-bond donors (Lipinski definition) is 1. The zero-order valence-corrected chi connectivity index (χ0v) is 23.9. The first kappa shape index (κ1) is 24.9. The first-order chi connectivity index (χ1) is 14.8. The fourth-order valence-electron chi connectivity index (χ4n) is 4.35. The average molecular weight is 486 g/mol. The van der Waals surface area contributed by atoms with E-state index in [1.165, 1.54) is 0 Å². The number of benzene rings is 2. The van der Waals surface area contributed by atoms with Gasteiger partial charge in [0, 0.05) is 5.56 Å². The molecule has 2 unspecified atom stereocenters. The van der Waals surface area contributed by atoms with Gasteiger partial charge in [-0.15, -0.1) is 0 Å². The lowest BCUT2D eigenvalue weighted by Crippen LogP contribution is -2.61. The molecule has 2 aromatic carbocycles. The fourth-order valence-corrected chi connectivity index (χ4v) is 21.8. The molecular weight excluding hydrogens is 447 g/mol. The quantitative estimate of drug-likeness (QED) is 0.366. The summed E-state index contributed by atoms with van der Waals surface area (Å²) in [4.78, 5) is 1.67. The molecule has 0 amide bonds. The second kappa shape index (κ2) is 9.25. The summed E-state index contributed by atoms with van der Waals surface area (Å²) in [5.74, 6) is 0.838. The van der Waals surface area contributed by atoms with Crippen molar-refractivity contribution in [1.29, 1.82) is 0 Å². The third kappa shape index (κ3) is 5.98. The summed E-state index contributed by atoms with van der Waals surface area (Å²) in [5, 5.41) is 20.1. The summed E-state index contributed by atoms with van der Waals surface area (Å²) in [6, 6.07) is 15.0. The van der Waals surface area contributed by atoms with Gasteiger partial charge >= 0.3 is 0 Å². The van der Waals surface area contributed by atoms with E-state index in [2.05, 4.69) is 69.0 Å². The van der Waals surface area contributed by atoms with Gasteiger partial charge in [-0.3, -0.25) is 0 Å². The lowest BCUT2D eigenvalue weighted by Gasteiger charge is -2.44. The van der Waals surface area contributed by atoms with Crippen molar-refractivity contribution in [2.45, 2.75) is 71.8 Å². The predicted molar refractivity (Wildman–Crippen MR) is 142 cm³/mol. The van der Waals surface area contributed by atoms with E-state index < -0.39 is 23.7 Å². The van der Waals surface area contributed by atoms with Crippen molar-refractivity contribution in [3.8, 4) is 5.75 Å². The molecule has 0 radical (unpaired) electrons. The first-order valence-corrected chi connectivity index (χ1v) is 22.1. The zero-order chi connectivity index (χ0) is 23.7. The maximum atomic E-state index is 11.0. The van der Waals surface area contributed by atoms with Crippen molar-refractivity contribution in [2.75, 3.05) is 0 Å². The van der Waals surface area contributed by atoms with Crippen LogP contribution in [0.5, 0.6) is 5.75 Å². The Hall–Kier alpha value is -1.75. The molecule has 2 atom stereocenters. The van der Waals surface area contributed by atoms with Crippen LogP contribution in [0.4, 0.5) is 0 Å². The van der Waals surface area contributed by atoms with Crippen LogP contribution in [-0.2, 0) is 17.1 Å². The van der Waals surface area contributed by atoms with Gasteiger partial charge in [0.25, 0.3) is 0 Å². The van der Waals surface area contributed by atoms with Crippen LogP contribution in [0.3, 0.4) is 0 Å². The largest absolute Gasteiger partial charge is 0.507 e. The normalized spacial score (nSPS) is 15.6. The summed E-state index contributed by atoms with van der Waals surface area (Å²) in [7, 11) is -4.85. The molecule has 0 aliphatic carbocycles. The van der Waals surface area contributed by atoms with Crippen LogP contribution in [0.25, 0.3) is 11.0 Å². The van der Waals surface area contributed by atoms with Crippen molar-refractivity contribution < 1.29 is 9.22 Å². The summed E-state index contributed by atoms with van der Waals surface area (Å²) >= 11 is 0. The van der Waals surface area contributed by atoms with Gasteiger partial charge in [-0.2, -0.15) is 15.0 Å². The van der Waals surface area contributed by atoms with E-state index in [-0.39, 0.29) is 0 Å². The number of phenolic OH excluding ortho intramolecular Hbond substituents is 1. The van der Waals surface area contributed by atoms with Crippen LogP contribution in [0, 0.1) is 5.92 Å². The number of phenols is 1. The van der Waals surface area contributed by atoms with Gasteiger partial charge in [0.05, 0.1) is 14.1 Å². The van der Waals surface area contributed by atoms with Gasteiger partial charge in [0.1, 0.15) is 16.8 Å². The molecule has 0 aliphatic heterocycles. The van der Waals surface area contributed by atoms with Crippen molar-refractivity contribution >= 4 is 34.8 Å². The standard InChI is InChI=1S/C24H39N3O2Si3/c1-19(18-32(8,31(5,6)7)29-30(2,3)4)16-20-12-11-13-21(24(20)28)17-27-25-22-14-9-10-15-23(22)26-27/h9-15,19,28H,16-18H2,1-8H3. The van der Waals surface area contributed by atoms with E-state index in [0.29, 0.717) is 18.2 Å². The van der Waals surface area contributed by atoms with Gasteiger partial charge in [0.2, 0.25) is 0 Å². The van der Waals surface area contributed by atoms with E-state index >= 15 is 0 Å². The smallest absolute Gasteiger partial charge is 0.170 e. The molecule has 0 bridgehead atoms. The molecular formula is C24H39N3O2Si3. The highest BCUT2D eigenvalue weighted by atomic mass is 29.3. The van der Waals surface area contributed by atoms with Gasteiger partial charge in [-0.1, -0.05) is 56.9 Å². The summed E-state index contributed by atoms with van der Waals surface area (Å²) < 4.78 is 6.92. The van der Waals surface area contributed by atoms with Crippen LogP contribution < -0.4 is 0 Å². The molecule has 0 fully saturated rings. The number of rotatable bonds is 9. The van der Waals surface area contributed by atoms with Crippen molar-refractivity contribution in [1.82, 2.24) is 15.0 Å². The second-order valence-corrected chi connectivity index (χ2v) is 31.4. The van der Waals surface area contributed by atoms with Gasteiger partial charge in [-0.25, -0.2) is 0 Å². The molecule has 5 nitrogen and oxygen atoms in total. The van der Waals surface area contributed by atoms with Crippen LogP contribution in [-0.4, -0.2) is 43.8 Å². The number of nitrogens with zero attached hydrogens (tertiary/aromatic N) is 3. The lowest BCUT2D eigenvalue weighted by atomic mass is 9.99. The Bertz CT molecular complexity index is 1040. The van der Waals surface area contributed by atoms with E-state index in [0.717, 1.165) is 34.6 Å². The minimum absolute atomic E-state index is 0.378. The Morgan fingerprint density at radius 3 is 1.97 bits per heavy atom. The molecule has 0 saturated heterocycles. The molecule has 3 rings (SSSR count). The third-order valence-corrected chi connectivity index (χ3v) is 26.2. The van der Waals surface area contributed by atoms with Crippen LogP contribution >= 0.6 is 0 Å². The highest BCUT2D eigenvalue weighted by molar-refractivity contribution is 7.39. The Balaban J connectivity index is 1.77. The number of aromatic nitrogens is 3. The van der Waals surface area contributed by atoms with Gasteiger partial charge in [0.15, 0.2) is 16.2 Å². The monoisotopic (exact) mass is 485 g/mol. The Kier molecular flexibility index (Phi) is 7.19. The molecule has 0 aliphatic rings. The Morgan fingerprint density at radius 2 is 1.44 bits per heavy atom. The highest BCUT2D eigenvalue weighted by Gasteiger charge is 2.46. The van der Waals surface area contributed by atoms with Gasteiger partial charge in [-0.05, 0) is 62.3 Å². The number of aromatic hydroxyl groups is 1. The molecule has 1 aromatic heterocycles. The first-order valence-electron chi connectivity index (χ1n) is 11.6. The van der Waals surface area contributed by atoms with Crippen LogP contribution in [0.15, 0.2) is 42.5 Å². The predicted octanol–water partition coefficient (Wildman–Crippen LogP) is 6.21. The maximum absolute atomic E-state index is 11.0. The average Bonchev–Trinajstić information content (AvgIpc) is 3.05. The van der Waals surface area contributed by atoms with E-state index in [9.17, 15) is 5.11 Å². The summed E-state index contributed by atoms with van der Waals surface area (Å²) in [5.41, 5.74) is 3.61. The Labute approximate surface area is 195 Å². The minimum Gasteiger partial charge on any atom is -0.507 e. The van der Waals surface area contributed by atoms with Crippen LogP contribution in [0.1, 0.15) is 18.1 Å². The highest BCUT2D eigenvalue weighted by Crippen LogP contribution is 2.34. The van der Waals surface area contributed by atoms with Crippen LogP contribution in [0.2, 0.25) is 51.9 Å². The van der Waals surface area contributed by atoms with E-state index in [1.54, 1.807) is 4.80 Å². The number of hydrogen-bond acceptors (Lipinski definition) is 4. The molecule has 1 heterocycles. The molecule has 32 heavy (non-hydrogen) atoms. The third-order valence-electron chi connectivity index (χ3n) is 6.27. The minimum atomic E-state index is -1.82. The van der Waals surface area contributed by atoms with E-state index in [4.69, 9.17) is 4.12 Å². The number of para-hydroxylation sites is 1. The SMILES string of the molecule is CC(Cc1cccc(Cn2nc3ccccc3n2)c1O)C[Si](C)(O[Si](C)(C)C)[Si](C)(C)C. The second-order valence-electron chi connectivity index (χ2n) is 11.4. The van der Waals surface area contributed by atoms with Crippen molar-refractivity contribution in [2.24, 2.45) is 5.92 Å². The molecule has 174 valence electrons. The number of fused-ring (bicyclic) bond motifs is 1. The molecule has 0 saturated carbocycles.